The Morgan fingerprint density at radius 2 is 2.00 bits per heavy atom. The summed E-state index contributed by atoms with van der Waals surface area (Å²) < 4.78 is 43.6. The van der Waals surface area contributed by atoms with Crippen LogP contribution in [0.1, 0.15) is 6.92 Å². The first-order chi connectivity index (χ1) is 8.06. The second kappa shape index (κ2) is 6.46. The van der Waals surface area contributed by atoms with Crippen LogP contribution in [0.15, 0.2) is 12.1 Å². The Labute approximate surface area is 97.2 Å². The van der Waals surface area contributed by atoms with E-state index in [0.29, 0.717) is 6.61 Å². The Morgan fingerprint density at radius 3 is 2.65 bits per heavy atom. The molecule has 0 spiro atoms. The van der Waals surface area contributed by atoms with Gasteiger partial charge in [-0.05, 0) is 19.1 Å². The van der Waals surface area contributed by atoms with Crippen molar-refractivity contribution < 1.29 is 23.0 Å². The Bertz CT molecular complexity index is 374. The summed E-state index contributed by atoms with van der Waals surface area (Å²) in [6.07, 6.45) is -0.845. The molecule has 1 aromatic rings. The normalized spacial score (nSPS) is 12.5. The standard InChI is InChI=1S/C11H14F3NO2/c1-2-17-6-7(16)5-15-9-4-3-8(12)10(13)11(9)14/h3-4,7,15-16H,2,5-6H2,1H3. The molecule has 0 radical (unpaired) electrons. The van der Waals surface area contributed by atoms with Crippen molar-refractivity contribution >= 4 is 5.69 Å². The van der Waals surface area contributed by atoms with Crippen molar-refractivity contribution in [3.05, 3.63) is 29.6 Å². The molecular formula is C11H14F3NO2. The van der Waals surface area contributed by atoms with Gasteiger partial charge in [-0.1, -0.05) is 0 Å². The van der Waals surface area contributed by atoms with Crippen LogP contribution in [-0.2, 0) is 4.74 Å². The molecule has 1 unspecified atom stereocenters. The summed E-state index contributed by atoms with van der Waals surface area (Å²) in [4.78, 5) is 0. The van der Waals surface area contributed by atoms with Gasteiger partial charge >= 0.3 is 0 Å². The molecule has 0 saturated carbocycles. The molecule has 6 heteroatoms. The van der Waals surface area contributed by atoms with Crippen molar-refractivity contribution in [3.63, 3.8) is 0 Å². The first-order valence-corrected chi connectivity index (χ1v) is 5.19. The van der Waals surface area contributed by atoms with E-state index in [-0.39, 0.29) is 18.8 Å². The van der Waals surface area contributed by atoms with E-state index in [4.69, 9.17) is 4.74 Å². The van der Waals surface area contributed by atoms with Gasteiger partial charge in [0.1, 0.15) is 0 Å². The number of rotatable bonds is 6. The highest BCUT2D eigenvalue weighted by Gasteiger charge is 2.13. The number of halogens is 3. The van der Waals surface area contributed by atoms with E-state index in [1.54, 1.807) is 6.92 Å². The molecule has 1 aromatic carbocycles. The van der Waals surface area contributed by atoms with Crippen LogP contribution in [0.5, 0.6) is 0 Å². The lowest BCUT2D eigenvalue weighted by molar-refractivity contribution is 0.0495. The van der Waals surface area contributed by atoms with Crippen molar-refractivity contribution in [2.24, 2.45) is 0 Å². The monoisotopic (exact) mass is 249 g/mol. The average Bonchev–Trinajstić information content (AvgIpc) is 2.32. The second-order valence-electron chi connectivity index (χ2n) is 3.42. The smallest absolute Gasteiger partial charge is 0.196 e. The van der Waals surface area contributed by atoms with E-state index in [1.807, 2.05) is 0 Å². The molecule has 0 heterocycles. The minimum atomic E-state index is -1.53. The molecule has 1 rings (SSSR count). The average molecular weight is 249 g/mol. The molecule has 0 fully saturated rings. The maximum Gasteiger partial charge on any atom is 0.196 e. The predicted molar refractivity (Wildman–Crippen MR) is 57.3 cm³/mol. The van der Waals surface area contributed by atoms with Crippen LogP contribution in [0, 0.1) is 17.5 Å². The van der Waals surface area contributed by atoms with Gasteiger partial charge in [0, 0.05) is 13.2 Å². The summed E-state index contributed by atoms with van der Waals surface area (Å²) in [5.74, 6) is -4.08. The molecule has 0 aliphatic rings. The van der Waals surface area contributed by atoms with E-state index in [0.717, 1.165) is 12.1 Å². The Kier molecular flexibility index (Phi) is 5.24. The molecule has 0 saturated heterocycles. The van der Waals surface area contributed by atoms with Gasteiger partial charge < -0.3 is 15.2 Å². The zero-order chi connectivity index (χ0) is 12.8. The zero-order valence-corrected chi connectivity index (χ0v) is 9.34. The highest BCUT2D eigenvalue weighted by atomic mass is 19.2. The molecule has 0 aliphatic carbocycles. The third-order valence-corrected chi connectivity index (χ3v) is 2.08. The largest absolute Gasteiger partial charge is 0.389 e. The summed E-state index contributed by atoms with van der Waals surface area (Å²) in [5.41, 5.74) is -0.195. The second-order valence-corrected chi connectivity index (χ2v) is 3.42. The van der Waals surface area contributed by atoms with E-state index in [2.05, 4.69) is 5.32 Å². The lowest BCUT2D eigenvalue weighted by atomic mass is 10.2. The maximum atomic E-state index is 13.2. The Hall–Kier alpha value is -1.27. The Morgan fingerprint density at radius 1 is 1.29 bits per heavy atom. The number of benzene rings is 1. The number of anilines is 1. The molecule has 0 aromatic heterocycles. The van der Waals surface area contributed by atoms with Crippen LogP contribution in [-0.4, -0.2) is 31.0 Å². The Balaban J connectivity index is 2.55. The minimum absolute atomic E-state index is 0.0119. The number of hydrogen-bond acceptors (Lipinski definition) is 3. The van der Waals surface area contributed by atoms with Gasteiger partial charge in [-0.3, -0.25) is 0 Å². The molecule has 17 heavy (non-hydrogen) atoms. The molecule has 96 valence electrons. The number of aliphatic hydroxyl groups is 1. The van der Waals surface area contributed by atoms with Crippen molar-refractivity contribution in [3.8, 4) is 0 Å². The summed E-state index contributed by atoms with van der Waals surface area (Å²) in [6, 6.07) is 1.89. The van der Waals surface area contributed by atoms with Crippen molar-refractivity contribution in [2.45, 2.75) is 13.0 Å². The number of nitrogens with one attached hydrogen (secondary N) is 1. The summed E-state index contributed by atoms with van der Waals surface area (Å²) >= 11 is 0. The van der Waals surface area contributed by atoms with Gasteiger partial charge in [-0.25, -0.2) is 13.2 Å². The third-order valence-electron chi connectivity index (χ3n) is 2.08. The highest BCUT2D eigenvalue weighted by molar-refractivity contribution is 5.45. The fourth-order valence-corrected chi connectivity index (χ4v) is 1.20. The quantitative estimate of drug-likeness (QED) is 0.757. The summed E-state index contributed by atoms with van der Waals surface area (Å²) in [6.45, 7) is 2.31. The first kappa shape index (κ1) is 13.8. The van der Waals surface area contributed by atoms with Crippen molar-refractivity contribution in [1.82, 2.24) is 0 Å². The predicted octanol–water partition coefficient (Wildman–Crippen LogP) is 1.91. The SMILES string of the molecule is CCOCC(O)CNc1ccc(F)c(F)c1F. The lowest BCUT2D eigenvalue weighted by Gasteiger charge is -2.13. The van der Waals surface area contributed by atoms with Gasteiger partial charge in [0.2, 0.25) is 0 Å². The number of aliphatic hydroxyl groups excluding tert-OH is 1. The zero-order valence-electron chi connectivity index (χ0n) is 9.34. The molecule has 1 atom stereocenters. The molecule has 0 amide bonds. The van der Waals surface area contributed by atoms with Crippen LogP contribution in [0.25, 0.3) is 0 Å². The van der Waals surface area contributed by atoms with Crippen molar-refractivity contribution in [2.75, 3.05) is 25.1 Å². The summed E-state index contributed by atoms with van der Waals surface area (Å²) in [7, 11) is 0. The number of hydrogen-bond donors (Lipinski definition) is 2. The van der Waals surface area contributed by atoms with Gasteiger partial charge in [0.05, 0.1) is 18.4 Å². The van der Waals surface area contributed by atoms with Crippen molar-refractivity contribution in [1.29, 1.82) is 0 Å². The van der Waals surface area contributed by atoms with E-state index < -0.39 is 23.6 Å². The lowest BCUT2D eigenvalue weighted by Crippen LogP contribution is -2.25. The van der Waals surface area contributed by atoms with Gasteiger partial charge in [0.25, 0.3) is 0 Å². The molecular weight excluding hydrogens is 235 g/mol. The molecule has 0 aliphatic heterocycles. The van der Waals surface area contributed by atoms with Gasteiger partial charge in [0.15, 0.2) is 17.5 Å². The van der Waals surface area contributed by atoms with Crippen LogP contribution in [0.4, 0.5) is 18.9 Å². The third kappa shape index (κ3) is 3.90. The van der Waals surface area contributed by atoms with E-state index >= 15 is 0 Å². The van der Waals surface area contributed by atoms with Crippen LogP contribution < -0.4 is 5.32 Å². The molecule has 3 nitrogen and oxygen atoms in total. The van der Waals surface area contributed by atoms with Crippen LogP contribution in [0.3, 0.4) is 0 Å². The van der Waals surface area contributed by atoms with Gasteiger partial charge in [-0.15, -0.1) is 0 Å². The first-order valence-electron chi connectivity index (χ1n) is 5.19. The van der Waals surface area contributed by atoms with E-state index in [9.17, 15) is 18.3 Å². The fraction of sp³-hybridized carbons (Fsp3) is 0.455. The van der Waals surface area contributed by atoms with Gasteiger partial charge in [-0.2, -0.15) is 0 Å². The number of ether oxygens (including phenoxy) is 1. The minimum Gasteiger partial charge on any atom is -0.389 e. The highest BCUT2D eigenvalue weighted by Crippen LogP contribution is 2.19. The van der Waals surface area contributed by atoms with Crippen LogP contribution in [0.2, 0.25) is 0 Å². The molecule has 0 bridgehead atoms. The molecule has 2 N–H and O–H groups in total. The van der Waals surface area contributed by atoms with E-state index in [1.165, 1.54) is 0 Å². The maximum absolute atomic E-state index is 13.2. The summed E-state index contributed by atoms with van der Waals surface area (Å²) in [5, 5.41) is 11.9. The fourth-order valence-electron chi connectivity index (χ4n) is 1.20. The van der Waals surface area contributed by atoms with Crippen LogP contribution >= 0.6 is 0 Å². The topological polar surface area (TPSA) is 41.5 Å².